The van der Waals surface area contributed by atoms with Gasteiger partial charge < -0.3 is 16.0 Å². The number of rotatable bonds is 7. The summed E-state index contributed by atoms with van der Waals surface area (Å²) in [5.74, 6) is 5.55. The van der Waals surface area contributed by atoms with Gasteiger partial charge in [-0.3, -0.25) is 9.59 Å². The minimum absolute atomic E-state index is 0.219. The van der Waals surface area contributed by atoms with Crippen LogP contribution in [0.1, 0.15) is 39.3 Å². The van der Waals surface area contributed by atoms with Gasteiger partial charge in [0.25, 0.3) is 0 Å². The molecule has 1 aromatic heterocycles. The Hall–Kier alpha value is -4.61. The predicted octanol–water partition coefficient (Wildman–Crippen LogP) is 6.22. The van der Waals surface area contributed by atoms with Crippen molar-refractivity contribution in [3.05, 3.63) is 125 Å². The zero-order valence-corrected chi connectivity index (χ0v) is 25.3. The molecule has 0 radical (unpaired) electrons. The van der Waals surface area contributed by atoms with Crippen molar-refractivity contribution in [1.29, 1.82) is 0 Å². The Morgan fingerprint density at radius 3 is 2.40 bits per heavy atom. The molecule has 5 aromatic rings. The number of benzene rings is 4. The van der Waals surface area contributed by atoms with Crippen LogP contribution in [0.4, 0.5) is 0 Å². The van der Waals surface area contributed by atoms with Gasteiger partial charge in [0.1, 0.15) is 6.29 Å². The van der Waals surface area contributed by atoms with E-state index in [0.717, 1.165) is 39.2 Å². The highest BCUT2D eigenvalue weighted by molar-refractivity contribution is 7.19. The number of para-hydroxylation sites is 1. The smallest absolute Gasteiger partial charge is 0.244 e. The lowest BCUT2D eigenvalue weighted by molar-refractivity contribution is -0.116. The summed E-state index contributed by atoms with van der Waals surface area (Å²) in [6, 6.07) is 30.8. The molecule has 0 unspecified atom stereocenters. The Balaban J connectivity index is 0.000000151. The van der Waals surface area contributed by atoms with E-state index in [1.807, 2.05) is 55.6 Å². The van der Waals surface area contributed by atoms with Crippen molar-refractivity contribution in [3.8, 4) is 11.8 Å². The fourth-order valence-electron chi connectivity index (χ4n) is 4.54. The first kappa shape index (κ1) is 31.3. The Labute approximate surface area is 257 Å². The van der Waals surface area contributed by atoms with E-state index in [4.69, 9.17) is 0 Å². The van der Waals surface area contributed by atoms with Crippen LogP contribution < -0.4 is 16.0 Å². The molecule has 6 rings (SSSR count). The lowest BCUT2D eigenvalue weighted by atomic mass is 10.0. The van der Waals surface area contributed by atoms with Crippen LogP contribution in [0.3, 0.4) is 0 Å². The molecule has 0 spiro atoms. The van der Waals surface area contributed by atoms with Gasteiger partial charge >= 0.3 is 0 Å². The standard InChI is InChI=1S/C14H15N.C13H10N2OS.C9H11NO/c1-15-14(8-9-14)13-7-6-11-4-2-3-5-12(11)10-13;1-2-12(16)14-9-5-8-13-15-10-6-3-4-7-11(10)17-13;1-10-6-8-4-2-3-5-9(8)7-11/h2-7,10,15H,8-9H2,1H3;2-4,6-7H,1,9H2,(H,14,16);2-5,7,10H,6H2,1H3. The summed E-state index contributed by atoms with van der Waals surface area (Å²) in [6.45, 7) is 4.41. The molecule has 0 aliphatic heterocycles. The topological polar surface area (TPSA) is 83.1 Å². The van der Waals surface area contributed by atoms with Crippen LogP contribution in [0.2, 0.25) is 0 Å². The number of fused-ring (bicyclic) bond motifs is 2. The second kappa shape index (κ2) is 15.6. The summed E-state index contributed by atoms with van der Waals surface area (Å²) in [7, 11) is 3.92. The summed E-state index contributed by atoms with van der Waals surface area (Å²) in [5, 5.41) is 12.4. The van der Waals surface area contributed by atoms with Gasteiger partial charge in [-0.05, 0) is 79.0 Å². The van der Waals surface area contributed by atoms with E-state index < -0.39 is 0 Å². The monoisotopic (exact) mass is 588 g/mol. The van der Waals surface area contributed by atoms with Gasteiger partial charge in [-0.1, -0.05) is 85.3 Å². The number of hydrogen-bond acceptors (Lipinski definition) is 6. The fourth-order valence-corrected chi connectivity index (χ4v) is 5.38. The second-order valence-electron chi connectivity index (χ2n) is 9.95. The minimum atomic E-state index is -0.219. The Bertz CT molecular complexity index is 1730. The van der Waals surface area contributed by atoms with Crippen LogP contribution in [0, 0.1) is 11.8 Å². The summed E-state index contributed by atoms with van der Waals surface area (Å²) in [5.41, 5.74) is 4.48. The van der Waals surface area contributed by atoms with Gasteiger partial charge in [-0.2, -0.15) is 0 Å². The quantitative estimate of drug-likeness (QED) is 0.120. The highest BCUT2D eigenvalue weighted by Crippen LogP contribution is 2.45. The van der Waals surface area contributed by atoms with Crippen LogP contribution in [-0.2, 0) is 16.9 Å². The molecule has 0 bridgehead atoms. The molecule has 6 nitrogen and oxygen atoms in total. The molecule has 3 N–H and O–H groups in total. The lowest BCUT2D eigenvalue weighted by Gasteiger charge is -2.15. The van der Waals surface area contributed by atoms with E-state index >= 15 is 0 Å². The van der Waals surface area contributed by atoms with Crippen molar-refractivity contribution in [2.24, 2.45) is 0 Å². The van der Waals surface area contributed by atoms with Crippen molar-refractivity contribution in [2.75, 3.05) is 20.6 Å². The summed E-state index contributed by atoms with van der Waals surface area (Å²) >= 11 is 1.54. The van der Waals surface area contributed by atoms with Gasteiger partial charge in [0.15, 0.2) is 5.01 Å². The molecule has 4 aromatic carbocycles. The summed E-state index contributed by atoms with van der Waals surface area (Å²) in [6.07, 6.45) is 4.63. The normalized spacial score (nSPS) is 12.4. The highest BCUT2D eigenvalue weighted by Gasteiger charge is 2.42. The number of hydrogen-bond donors (Lipinski definition) is 3. The van der Waals surface area contributed by atoms with Gasteiger partial charge in [-0.15, -0.1) is 11.3 Å². The van der Waals surface area contributed by atoms with Crippen molar-refractivity contribution in [2.45, 2.75) is 24.9 Å². The maximum atomic E-state index is 10.9. The van der Waals surface area contributed by atoms with Crippen LogP contribution in [0.25, 0.3) is 21.0 Å². The molecule has 1 aliphatic carbocycles. The Morgan fingerprint density at radius 1 is 0.977 bits per heavy atom. The lowest BCUT2D eigenvalue weighted by Crippen LogP contribution is -2.24. The highest BCUT2D eigenvalue weighted by atomic mass is 32.1. The van der Waals surface area contributed by atoms with Crippen LogP contribution >= 0.6 is 11.3 Å². The van der Waals surface area contributed by atoms with Crippen LogP contribution in [0.5, 0.6) is 0 Å². The van der Waals surface area contributed by atoms with E-state index in [2.05, 4.69) is 88.9 Å². The van der Waals surface area contributed by atoms with E-state index in [-0.39, 0.29) is 11.4 Å². The first-order valence-electron chi connectivity index (χ1n) is 14.1. The molecule has 7 heteroatoms. The number of amides is 1. The predicted molar refractivity (Wildman–Crippen MR) is 178 cm³/mol. The van der Waals surface area contributed by atoms with Gasteiger partial charge in [0, 0.05) is 17.6 Å². The molecular formula is C36H36N4O2S. The summed E-state index contributed by atoms with van der Waals surface area (Å²) in [4.78, 5) is 25.7. The Kier molecular flexibility index (Phi) is 11.3. The molecule has 1 saturated carbocycles. The van der Waals surface area contributed by atoms with Gasteiger partial charge in [0.2, 0.25) is 5.91 Å². The maximum absolute atomic E-state index is 10.9. The molecule has 1 amide bonds. The average Bonchev–Trinajstić information content (AvgIpc) is 3.75. The average molecular weight is 589 g/mol. The molecule has 0 saturated heterocycles. The number of aldehydes is 1. The number of carbonyl (C=O) groups is 2. The minimum Gasteiger partial charge on any atom is -0.342 e. The number of thiazole rings is 1. The molecule has 1 fully saturated rings. The van der Waals surface area contributed by atoms with E-state index in [1.54, 1.807) is 11.3 Å². The third-order valence-corrected chi connectivity index (χ3v) is 8.06. The largest absolute Gasteiger partial charge is 0.342 e. The number of nitrogens with one attached hydrogen (secondary N) is 3. The first-order chi connectivity index (χ1) is 21.0. The van der Waals surface area contributed by atoms with E-state index in [0.29, 0.717) is 6.54 Å². The third kappa shape index (κ3) is 8.69. The first-order valence-corrected chi connectivity index (χ1v) is 14.9. The van der Waals surface area contributed by atoms with Crippen molar-refractivity contribution in [1.82, 2.24) is 20.9 Å². The van der Waals surface area contributed by atoms with Crippen molar-refractivity contribution < 1.29 is 9.59 Å². The molecule has 218 valence electrons. The van der Waals surface area contributed by atoms with Crippen molar-refractivity contribution >= 4 is 44.5 Å². The summed E-state index contributed by atoms with van der Waals surface area (Å²) < 4.78 is 1.12. The zero-order chi connectivity index (χ0) is 30.5. The van der Waals surface area contributed by atoms with E-state index in [1.165, 1.54) is 35.3 Å². The maximum Gasteiger partial charge on any atom is 0.244 e. The second-order valence-corrected chi connectivity index (χ2v) is 11.0. The zero-order valence-electron chi connectivity index (χ0n) is 24.5. The van der Waals surface area contributed by atoms with Crippen LogP contribution in [-0.4, -0.2) is 37.8 Å². The molecule has 0 atom stereocenters. The number of nitrogens with zero attached hydrogens (tertiary/aromatic N) is 1. The van der Waals surface area contributed by atoms with E-state index in [9.17, 15) is 9.59 Å². The van der Waals surface area contributed by atoms with Crippen LogP contribution in [0.15, 0.2) is 104 Å². The molecule has 43 heavy (non-hydrogen) atoms. The third-order valence-electron chi connectivity index (χ3n) is 7.11. The number of aromatic nitrogens is 1. The van der Waals surface area contributed by atoms with Crippen molar-refractivity contribution in [3.63, 3.8) is 0 Å². The molecular weight excluding hydrogens is 552 g/mol. The van der Waals surface area contributed by atoms with Gasteiger partial charge in [0.05, 0.1) is 16.8 Å². The SMILES string of the molecule is C=CC(=O)NCC#Cc1nc2ccccc2s1.CNC1(c2ccc3ccccc3c2)CC1.CNCc1ccccc1C=O. The Morgan fingerprint density at radius 2 is 1.70 bits per heavy atom. The van der Waals surface area contributed by atoms with Gasteiger partial charge in [-0.25, -0.2) is 4.98 Å². The number of carbonyl (C=O) groups excluding carboxylic acids is 2. The molecule has 1 aliphatic rings. The fraction of sp³-hybridized carbons (Fsp3) is 0.194. The molecule has 1 heterocycles.